The first kappa shape index (κ1) is 12.1. The topological polar surface area (TPSA) is 47.6 Å². The summed E-state index contributed by atoms with van der Waals surface area (Å²) in [5.74, 6) is 2.32. The Hall–Kier alpha value is -1.99. The summed E-state index contributed by atoms with van der Waals surface area (Å²) >= 11 is 0. The Bertz CT molecular complexity index is 356. The van der Waals surface area contributed by atoms with Crippen LogP contribution in [0, 0.1) is 12.3 Å². The van der Waals surface area contributed by atoms with E-state index in [1.807, 2.05) is 18.2 Å². The Morgan fingerprint density at radius 3 is 2.75 bits per heavy atom. The van der Waals surface area contributed by atoms with Gasteiger partial charge in [-0.05, 0) is 12.1 Å². The van der Waals surface area contributed by atoms with Crippen molar-refractivity contribution in [2.75, 3.05) is 25.1 Å². The van der Waals surface area contributed by atoms with Gasteiger partial charge in [0.15, 0.2) is 0 Å². The van der Waals surface area contributed by atoms with E-state index in [0.717, 1.165) is 0 Å². The van der Waals surface area contributed by atoms with Crippen LogP contribution in [0.5, 0.6) is 0 Å². The van der Waals surface area contributed by atoms with E-state index in [1.165, 1.54) is 0 Å². The SMILES string of the molecule is C#CCOCCOC(=O)Nc1ccccc1. The lowest BCUT2D eigenvalue weighted by Crippen LogP contribution is -2.16. The molecule has 1 amide bonds. The first-order valence-corrected chi connectivity index (χ1v) is 4.83. The lowest BCUT2D eigenvalue weighted by atomic mass is 10.3. The number of anilines is 1. The van der Waals surface area contributed by atoms with Gasteiger partial charge >= 0.3 is 6.09 Å². The number of amides is 1. The highest BCUT2D eigenvalue weighted by Gasteiger charge is 2.01. The zero-order chi connectivity index (χ0) is 11.6. The minimum Gasteiger partial charge on any atom is -0.447 e. The van der Waals surface area contributed by atoms with Crippen LogP contribution in [0.15, 0.2) is 30.3 Å². The largest absolute Gasteiger partial charge is 0.447 e. The number of para-hydroxylation sites is 1. The maximum Gasteiger partial charge on any atom is 0.411 e. The van der Waals surface area contributed by atoms with Crippen molar-refractivity contribution in [2.45, 2.75) is 0 Å². The maximum absolute atomic E-state index is 11.2. The number of hydrogen-bond donors (Lipinski definition) is 1. The molecule has 0 saturated carbocycles. The van der Waals surface area contributed by atoms with Gasteiger partial charge in [0.1, 0.15) is 13.2 Å². The molecule has 0 aromatic heterocycles. The summed E-state index contributed by atoms with van der Waals surface area (Å²) < 4.78 is 9.79. The molecular formula is C12H13NO3. The fraction of sp³-hybridized carbons (Fsp3) is 0.250. The zero-order valence-electron chi connectivity index (χ0n) is 8.81. The molecule has 84 valence electrons. The molecule has 1 aromatic rings. The van der Waals surface area contributed by atoms with Crippen LogP contribution in [-0.2, 0) is 9.47 Å². The van der Waals surface area contributed by atoms with Gasteiger partial charge in [0.05, 0.1) is 6.61 Å². The van der Waals surface area contributed by atoms with Gasteiger partial charge in [-0.3, -0.25) is 5.32 Å². The third-order valence-electron chi connectivity index (χ3n) is 1.67. The monoisotopic (exact) mass is 219 g/mol. The predicted octanol–water partition coefficient (Wildman–Crippen LogP) is 1.88. The molecule has 16 heavy (non-hydrogen) atoms. The second-order valence-corrected chi connectivity index (χ2v) is 2.88. The van der Waals surface area contributed by atoms with Crippen LogP contribution in [0.1, 0.15) is 0 Å². The summed E-state index contributed by atoms with van der Waals surface area (Å²) in [5, 5.41) is 2.58. The Balaban J connectivity index is 2.15. The van der Waals surface area contributed by atoms with Crippen LogP contribution in [0.2, 0.25) is 0 Å². The second-order valence-electron chi connectivity index (χ2n) is 2.88. The lowest BCUT2D eigenvalue weighted by molar-refractivity contribution is 0.0943. The van der Waals surface area contributed by atoms with Crippen molar-refractivity contribution in [3.8, 4) is 12.3 Å². The molecular weight excluding hydrogens is 206 g/mol. The summed E-state index contributed by atoms with van der Waals surface area (Å²) in [7, 11) is 0. The highest BCUT2D eigenvalue weighted by atomic mass is 16.6. The molecule has 0 unspecified atom stereocenters. The number of ether oxygens (including phenoxy) is 2. The summed E-state index contributed by atoms with van der Waals surface area (Å²) in [6.45, 7) is 0.705. The second kappa shape index (κ2) is 7.32. The highest BCUT2D eigenvalue weighted by molar-refractivity contribution is 5.84. The molecule has 0 aliphatic heterocycles. The quantitative estimate of drug-likeness (QED) is 0.607. The van der Waals surface area contributed by atoms with Gasteiger partial charge in [-0.15, -0.1) is 6.42 Å². The molecule has 0 atom stereocenters. The molecule has 0 fully saturated rings. The molecule has 0 aliphatic carbocycles. The van der Waals surface area contributed by atoms with E-state index in [1.54, 1.807) is 12.1 Å². The minimum atomic E-state index is -0.504. The summed E-state index contributed by atoms with van der Waals surface area (Å²) in [6, 6.07) is 9.06. The Labute approximate surface area is 94.6 Å². The van der Waals surface area contributed by atoms with Crippen LogP contribution in [0.25, 0.3) is 0 Å². The van der Waals surface area contributed by atoms with Crippen LogP contribution in [0.4, 0.5) is 10.5 Å². The van der Waals surface area contributed by atoms with E-state index in [2.05, 4.69) is 11.2 Å². The van der Waals surface area contributed by atoms with Crippen molar-refractivity contribution < 1.29 is 14.3 Å². The van der Waals surface area contributed by atoms with E-state index in [0.29, 0.717) is 12.3 Å². The standard InChI is InChI=1S/C12H13NO3/c1-2-8-15-9-10-16-12(14)13-11-6-4-3-5-7-11/h1,3-7H,8-10H2,(H,13,14). The first-order valence-electron chi connectivity index (χ1n) is 4.83. The molecule has 0 saturated heterocycles. The third kappa shape index (κ3) is 5.03. The fourth-order valence-electron chi connectivity index (χ4n) is 1.000. The summed E-state index contributed by atoms with van der Waals surface area (Å²) in [4.78, 5) is 11.2. The number of terminal acetylenes is 1. The number of benzene rings is 1. The third-order valence-corrected chi connectivity index (χ3v) is 1.67. The van der Waals surface area contributed by atoms with E-state index in [9.17, 15) is 4.79 Å². The summed E-state index contributed by atoms with van der Waals surface area (Å²) in [6.07, 6.45) is 4.47. The Morgan fingerprint density at radius 1 is 1.31 bits per heavy atom. The summed E-state index contributed by atoms with van der Waals surface area (Å²) in [5.41, 5.74) is 0.692. The van der Waals surface area contributed by atoms with E-state index in [-0.39, 0.29) is 13.2 Å². The van der Waals surface area contributed by atoms with Gasteiger partial charge in [0, 0.05) is 5.69 Å². The highest BCUT2D eigenvalue weighted by Crippen LogP contribution is 2.04. The van der Waals surface area contributed by atoms with Crippen LogP contribution >= 0.6 is 0 Å². The number of rotatable bonds is 5. The normalized spacial score (nSPS) is 9.19. The van der Waals surface area contributed by atoms with Crippen molar-refractivity contribution in [2.24, 2.45) is 0 Å². The van der Waals surface area contributed by atoms with Gasteiger partial charge in [-0.2, -0.15) is 0 Å². The van der Waals surface area contributed by atoms with E-state index < -0.39 is 6.09 Å². The smallest absolute Gasteiger partial charge is 0.411 e. The zero-order valence-corrected chi connectivity index (χ0v) is 8.81. The van der Waals surface area contributed by atoms with Crippen molar-refractivity contribution in [1.82, 2.24) is 0 Å². The number of nitrogens with one attached hydrogen (secondary N) is 1. The Morgan fingerprint density at radius 2 is 2.06 bits per heavy atom. The average molecular weight is 219 g/mol. The molecule has 1 rings (SSSR count). The molecule has 0 radical (unpaired) electrons. The molecule has 4 nitrogen and oxygen atoms in total. The molecule has 0 heterocycles. The minimum absolute atomic E-state index is 0.181. The van der Waals surface area contributed by atoms with Crippen molar-refractivity contribution in [1.29, 1.82) is 0 Å². The van der Waals surface area contributed by atoms with Crippen molar-refractivity contribution in [3.63, 3.8) is 0 Å². The average Bonchev–Trinajstić information content (AvgIpc) is 2.30. The number of hydrogen-bond acceptors (Lipinski definition) is 3. The predicted molar refractivity (Wildman–Crippen MR) is 61.1 cm³/mol. The number of carbonyl (C=O) groups is 1. The van der Waals surface area contributed by atoms with Crippen molar-refractivity contribution >= 4 is 11.8 Å². The molecule has 4 heteroatoms. The van der Waals surface area contributed by atoms with Crippen LogP contribution in [0.3, 0.4) is 0 Å². The maximum atomic E-state index is 11.2. The van der Waals surface area contributed by atoms with Gasteiger partial charge < -0.3 is 9.47 Å². The van der Waals surface area contributed by atoms with Gasteiger partial charge in [-0.1, -0.05) is 24.1 Å². The van der Waals surface area contributed by atoms with Crippen LogP contribution < -0.4 is 5.32 Å². The van der Waals surface area contributed by atoms with Gasteiger partial charge in [0.25, 0.3) is 0 Å². The Kier molecular flexibility index (Phi) is 5.53. The molecule has 0 bridgehead atoms. The van der Waals surface area contributed by atoms with Gasteiger partial charge in [-0.25, -0.2) is 4.79 Å². The van der Waals surface area contributed by atoms with E-state index >= 15 is 0 Å². The van der Waals surface area contributed by atoms with E-state index in [4.69, 9.17) is 15.9 Å². The van der Waals surface area contributed by atoms with Crippen LogP contribution in [-0.4, -0.2) is 25.9 Å². The molecule has 0 aliphatic rings. The first-order chi connectivity index (χ1) is 7.83. The lowest BCUT2D eigenvalue weighted by Gasteiger charge is -2.06. The van der Waals surface area contributed by atoms with Crippen molar-refractivity contribution in [3.05, 3.63) is 30.3 Å². The fourth-order valence-corrected chi connectivity index (χ4v) is 1.000. The van der Waals surface area contributed by atoms with Gasteiger partial charge in [0.2, 0.25) is 0 Å². The molecule has 0 spiro atoms. The number of carbonyl (C=O) groups excluding carboxylic acids is 1. The molecule has 1 aromatic carbocycles. The molecule has 1 N–H and O–H groups in total.